The molecule has 10 rings (SSSR count). The van der Waals surface area contributed by atoms with Gasteiger partial charge in [0.25, 0.3) is 0 Å². The Morgan fingerprint density at radius 1 is 0.392 bits per heavy atom. The van der Waals surface area contributed by atoms with Gasteiger partial charge >= 0.3 is 0 Å². The fourth-order valence-corrected chi connectivity index (χ4v) is 8.47. The van der Waals surface area contributed by atoms with Crippen molar-refractivity contribution in [3.05, 3.63) is 169 Å². The first kappa shape index (κ1) is 29.2. The van der Waals surface area contributed by atoms with Gasteiger partial charge in [0, 0.05) is 36.9 Å². The molecule has 0 unspecified atom stereocenters. The smallest absolute Gasteiger partial charge is 0.189 e. The summed E-state index contributed by atoms with van der Waals surface area (Å²) >= 11 is 1.70. The summed E-state index contributed by atoms with van der Waals surface area (Å²) in [5, 5.41) is 9.71. The third kappa shape index (κ3) is 4.85. The molecule has 0 saturated heterocycles. The molecule has 0 saturated carbocycles. The number of hydrogen-bond acceptors (Lipinski definition) is 4. The highest BCUT2D eigenvalue weighted by Crippen LogP contribution is 2.44. The van der Waals surface area contributed by atoms with Crippen LogP contribution in [0.3, 0.4) is 0 Å². The second-order valence-electron chi connectivity index (χ2n) is 12.7. The van der Waals surface area contributed by atoms with Crippen LogP contribution in [0.4, 0.5) is 5.69 Å². The molecular weight excluding hydrogens is 641 g/mol. The van der Waals surface area contributed by atoms with E-state index in [4.69, 9.17) is 21.5 Å². The van der Waals surface area contributed by atoms with Crippen LogP contribution in [0.1, 0.15) is 0 Å². The molecule has 0 aliphatic heterocycles. The van der Waals surface area contributed by atoms with Gasteiger partial charge in [-0.2, -0.15) is 0 Å². The first-order valence-corrected chi connectivity index (χ1v) is 17.6. The molecule has 0 aliphatic carbocycles. The van der Waals surface area contributed by atoms with Crippen molar-refractivity contribution in [3.63, 3.8) is 0 Å². The molecule has 51 heavy (non-hydrogen) atoms. The van der Waals surface area contributed by atoms with Gasteiger partial charge in [0.05, 0.1) is 6.57 Å². The molecule has 0 bridgehead atoms. The Balaban J connectivity index is 1.21. The van der Waals surface area contributed by atoms with Crippen LogP contribution in [-0.4, -0.2) is 15.0 Å². The Kier molecular flexibility index (Phi) is 6.70. The van der Waals surface area contributed by atoms with Crippen LogP contribution in [0.15, 0.2) is 158 Å². The molecule has 0 amide bonds. The standard InChI is InChI=1S/C46H26N4S/c1-47-32-26-40(46-49-44(28-12-4-2-5-13-28)48-45(50-46)29-14-6-3-7-15-29)43-39-25-31(21-23-41(39)51-42(43)27-32)30-20-22-37-35-18-9-8-16-33(35)34-17-10-11-19-36(34)38(37)24-30/h2-27H. The zero-order valence-corrected chi connectivity index (χ0v) is 28.0. The van der Waals surface area contributed by atoms with E-state index in [1.54, 1.807) is 11.3 Å². The minimum atomic E-state index is 0.548. The topological polar surface area (TPSA) is 43.0 Å². The molecule has 0 fully saturated rings. The molecule has 0 radical (unpaired) electrons. The molecule has 8 aromatic carbocycles. The average molecular weight is 667 g/mol. The molecule has 0 atom stereocenters. The molecule has 0 N–H and O–H groups in total. The maximum absolute atomic E-state index is 7.96. The number of thiophene rings is 1. The monoisotopic (exact) mass is 666 g/mol. The highest BCUT2D eigenvalue weighted by atomic mass is 32.1. The van der Waals surface area contributed by atoms with Gasteiger partial charge in [-0.05, 0) is 73.8 Å². The molecule has 4 nitrogen and oxygen atoms in total. The van der Waals surface area contributed by atoms with E-state index in [1.807, 2.05) is 72.8 Å². The van der Waals surface area contributed by atoms with Gasteiger partial charge in [0.15, 0.2) is 23.2 Å². The summed E-state index contributed by atoms with van der Waals surface area (Å²) in [7, 11) is 0. The van der Waals surface area contributed by atoms with Gasteiger partial charge in [-0.25, -0.2) is 19.8 Å². The van der Waals surface area contributed by atoms with Crippen LogP contribution in [0.5, 0.6) is 0 Å². The van der Waals surface area contributed by atoms with Crippen molar-refractivity contribution in [1.29, 1.82) is 0 Å². The summed E-state index contributed by atoms with van der Waals surface area (Å²) in [6.45, 7) is 7.96. The predicted molar refractivity (Wildman–Crippen MR) is 213 cm³/mol. The summed E-state index contributed by atoms with van der Waals surface area (Å²) in [6.07, 6.45) is 0. The van der Waals surface area contributed by atoms with Crippen molar-refractivity contribution in [3.8, 4) is 45.3 Å². The van der Waals surface area contributed by atoms with E-state index in [9.17, 15) is 0 Å². The second kappa shape index (κ2) is 11.7. The number of aromatic nitrogens is 3. The van der Waals surface area contributed by atoms with E-state index in [-0.39, 0.29) is 0 Å². The molecule has 0 spiro atoms. The van der Waals surface area contributed by atoms with Crippen LogP contribution in [-0.2, 0) is 0 Å². The second-order valence-corrected chi connectivity index (χ2v) is 13.8. The van der Waals surface area contributed by atoms with E-state index in [0.29, 0.717) is 23.2 Å². The van der Waals surface area contributed by atoms with E-state index < -0.39 is 0 Å². The summed E-state index contributed by atoms with van der Waals surface area (Å²) in [6, 6.07) is 54.8. The van der Waals surface area contributed by atoms with Crippen LogP contribution < -0.4 is 0 Å². The fourth-order valence-electron chi connectivity index (χ4n) is 7.33. The van der Waals surface area contributed by atoms with Gasteiger partial charge in [-0.1, -0.05) is 127 Å². The number of rotatable bonds is 4. The van der Waals surface area contributed by atoms with Crippen molar-refractivity contribution >= 4 is 69.5 Å². The van der Waals surface area contributed by atoms with Gasteiger partial charge in [-0.15, -0.1) is 11.3 Å². The van der Waals surface area contributed by atoms with Crippen LogP contribution >= 0.6 is 11.3 Å². The number of nitrogens with zero attached hydrogens (tertiary/aromatic N) is 4. The van der Waals surface area contributed by atoms with Crippen molar-refractivity contribution in [2.45, 2.75) is 0 Å². The molecular formula is C46H26N4S. The lowest BCUT2D eigenvalue weighted by Gasteiger charge is -2.12. The zero-order chi connectivity index (χ0) is 33.9. The lowest BCUT2D eigenvalue weighted by Crippen LogP contribution is -2.00. The van der Waals surface area contributed by atoms with Crippen LogP contribution in [0.2, 0.25) is 0 Å². The van der Waals surface area contributed by atoms with E-state index in [0.717, 1.165) is 48.0 Å². The van der Waals surface area contributed by atoms with E-state index in [2.05, 4.69) is 89.8 Å². The lowest BCUT2D eigenvalue weighted by molar-refractivity contribution is 1.08. The predicted octanol–water partition coefficient (Wildman–Crippen LogP) is 12.9. The van der Waals surface area contributed by atoms with Crippen molar-refractivity contribution < 1.29 is 0 Å². The Morgan fingerprint density at radius 2 is 0.882 bits per heavy atom. The van der Waals surface area contributed by atoms with Gasteiger partial charge < -0.3 is 0 Å². The molecule has 0 aliphatic rings. The molecule has 236 valence electrons. The Morgan fingerprint density at radius 3 is 1.47 bits per heavy atom. The molecule has 2 heterocycles. The average Bonchev–Trinajstić information content (AvgIpc) is 3.58. The third-order valence-electron chi connectivity index (χ3n) is 9.70. The molecule has 2 aromatic heterocycles. The maximum atomic E-state index is 7.96. The van der Waals surface area contributed by atoms with Crippen molar-refractivity contribution in [2.75, 3.05) is 0 Å². The highest BCUT2D eigenvalue weighted by Gasteiger charge is 2.19. The Labute approximate surface area is 297 Å². The highest BCUT2D eigenvalue weighted by molar-refractivity contribution is 7.26. The van der Waals surface area contributed by atoms with Gasteiger partial charge in [0.2, 0.25) is 0 Å². The van der Waals surface area contributed by atoms with Crippen molar-refractivity contribution in [1.82, 2.24) is 15.0 Å². The fraction of sp³-hybridized carbons (Fsp3) is 0. The quantitative estimate of drug-likeness (QED) is 0.139. The Hall–Kier alpha value is -6.74. The normalized spacial score (nSPS) is 11.5. The molecule has 5 heteroatoms. The van der Waals surface area contributed by atoms with Gasteiger partial charge in [-0.3, -0.25) is 0 Å². The summed E-state index contributed by atoms with van der Waals surface area (Å²) in [4.78, 5) is 18.9. The first-order chi connectivity index (χ1) is 25.2. The third-order valence-corrected chi connectivity index (χ3v) is 10.8. The minimum Gasteiger partial charge on any atom is -0.238 e. The Bertz CT molecular complexity index is 2940. The van der Waals surface area contributed by atoms with Crippen LogP contribution in [0.25, 0.3) is 103 Å². The minimum absolute atomic E-state index is 0.548. The molecule has 10 aromatic rings. The summed E-state index contributed by atoms with van der Waals surface area (Å²) in [5.74, 6) is 1.74. The van der Waals surface area contributed by atoms with E-state index in [1.165, 1.54) is 32.3 Å². The van der Waals surface area contributed by atoms with Crippen LogP contribution in [0, 0.1) is 6.57 Å². The lowest BCUT2D eigenvalue weighted by atomic mass is 9.92. The summed E-state index contributed by atoms with van der Waals surface area (Å²) < 4.78 is 2.18. The maximum Gasteiger partial charge on any atom is 0.189 e. The number of benzene rings is 8. The zero-order valence-electron chi connectivity index (χ0n) is 27.2. The largest absolute Gasteiger partial charge is 0.238 e. The number of fused-ring (bicyclic) bond motifs is 9. The number of hydrogen-bond donors (Lipinski definition) is 0. The van der Waals surface area contributed by atoms with E-state index >= 15 is 0 Å². The first-order valence-electron chi connectivity index (χ1n) is 16.8. The van der Waals surface area contributed by atoms with Crippen molar-refractivity contribution in [2.24, 2.45) is 0 Å². The van der Waals surface area contributed by atoms with Gasteiger partial charge in [0.1, 0.15) is 0 Å². The SMILES string of the molecule is [C-]#[N+]c1cc(-c2nc(-c3ccccc3)nc(-c3ccccc3)n2)c2c(c1)sc1ccc(-c3ccc4c5ccccc5c5ccccc5c4c3)cc12. The summed E-state index contributed by atoms with van der Waals surface area (Å²) in [5.41, 5.74) is 5.49.